The van der Waals surface area contributed by atoms with Crippen LogP contribution >= 0.6 is 0 Å². The Bertz CT molecular complexity index is 763. The van der Waals surface area contributed by atoms with E-state index in [4.69, 9.17) is 14.2 Å². The summed E-state index contributed by atoms with van der Waals surface area (Å²) in [6.07, 6.45) is 2.05. The van der Waals surface area contributed by atoms with Gasteiger partial charge in [0.25, 0.3) is 0 Å². The SMILES string of the molecule is CCNCCN1CCN(Cc2ccccc2)CCCOCCOCCOCCCN(Cc2ccccc2)CC1. The van der Waals surface area contributed by atoms with E-state index in [-0.39, 0.29) is 0 Å². The molecule has 0 aromatic heterocycles. The largest absolute Gasteiger partial charge is 0.379 e. The Labute approximate surface area is 237 Å². The minimum absolute atomic E-state index is 0.628. The highest BCUT2D eigenvalue weighted by molar-refractivity contribution is 5.15. The van der Waals surface area contributed by atoms with Crippen LogP contribution in [0.3, 0.4) is 0 Å². The van der Waals surface area contributed by atoms with Crippen molar-refractivity contribution in [3.63, 3.8) is 0 Å². The summed E-state index contributed by atoms with van der Waals surface area (Å²) in [6.45, 7) is 17.6. The van der Waals surface area contributed by atoms with Crippen molar-refractivity contribution in [1.29, 1.82) is 0 Å². The highest BCUT2D eigenvalue weighted by atomic mass is 16.5. The van der Waals surface area contributed by atoms with Gasteiger partial charge in [0.2, 0.25) is 0 Å². The van der Waals surface area contributed by atoms with Gasteiger partial charge in [0, 0.05) is 78.7 Å². The van der Waals surface area contributed by atoms with E-state index in [0.717, 1.165) is 98.0 Å². The van der Waals surface area contributed by atoms with Crippen LogP contribution in [0.15, 0.2) is 60.7 Å². The summed E-state index contributed by atoms with van der Waals surface area (Å²) < 4.78 is 17.4. The lowest BCUT2D eigenvalue weighted by Crippen LogP contribution is -2.42. The number of rotatable bonds is 8. The van der Waals surface area contributed by atoms with E-state index < -0.39 is 0 Å². The van der Waals surface area contributed by atoms with Crippen molar-refractivity contribution in [2.24, 2.45) is 0 Å². The fourth-order valence-electron chi connectivity index (χ4n) is 4.86. The zero-order valence-electron chi connectivity index (χ0n) is 24.3. The van der Waals surface area contributed by atoms with E-state index in [9.17, 15) is 0 Å². The first-order chi connectivity index (χ1) is 19.3. The van der Waals surface area contributed by atoms with E-state index in [2.05, 4.69) is 87.6 Å². The molecular weight excluding hydrogens is 488 g/mol. The summed E-state index contributed by atoms with van der Waals surface area (Å²) in [7, 11) is 0. The summed E-state index contributed by atoms with van der Waals surface area (Å²) in [6, 6.07) is 21.7. The van der Waals surface area contributed by atoms with Gasteiger partial charge in [0.1, 0.15) is 0 Å². The van der Waals surface area contributed by atoms with Crippen LogP contribution in [0.2, 0.25) is 0 Å². The molecule has 1 aliphatic rings. The minimum Gasteiger partial charge on any atom is -0.379 e. The van der Waals surface area contributed by atoms with Gasteiger partial charge in [-0.3, -0.25) is 14.7 Å². The van der Waals surface area contributed by atoms with Crippen molar-refractivity contribution in [3.8, 4) is 0 Å². The highest BCUT2D eigenvalue weighted by Crippen LogP contribution is 2.08. The summed E-state index contributed by atoms with van der Waals surface area (Å²) >= 11 is 0. The topological polar surface area (TPSA) is 49.4 Å². The number of ether oxygens (including phenoxy) is 3. The third-order valence-electron chi connectivity index (χ3n) is 7.09. The number of nitrogens with zero attached hydrogens (tertiary/aromatic N) is 3. The van der Waals surface area contributed by atoms with Crippen LogP contribution in [-0.2, 0) is 27.3 Å². The number of hydrogen-bond donors (Lipinski definition) is 1. The van der Waals surface area contributed by atoms with Gasteiger partial charge < -0.3 is 19.5 Å². The number of nitrogens with one attached hydrogen (secondary N) is 1. The molecule has 0 bridgehead atoms. The number of likely N-dealkylation sites (N-methyl/N-ethyl adjacent to an activating group) is 1. The lowest BCUT2D eigenvalue weighted by molar-refractivity contribution is 0.0109. The minimum atomic E-state index is 0.628. The van der Waals surface area contributed by atoms with Crippen LogP contribution < -0.4 is 5.32 Å². The van der Waals surface area contributed by atoms with Crippen molar-refractivity contribution < 1.29 is 14.2 Å². The standard InChI is InChI=1S/C32H52N4O3/c1-2-33-15-18-34-19-21-35(29-31-11-5-3-6-12-31)16-9-23-37-25-27-39-28-26-38-24-10-17-36(22-20-34)30-32-13-7-4-8-14-32/h3-8,11-14,33H,2,9-10,15-30H2,1H3. The highest BCUT2D eigenvalue weighted by Gasteiger charge is 2.13. The van der Waals surface area contributed by atoms with Crippen molar-refractivity contribution in [2.45, 2.75) is 32.9 Å². The molecule has 1 saturated heterocycles. The van der Waals surface area contributed by atoms with E-state index in [1.807, 2.05) is 0 Å². The van der Waals surface area contributed by atoms with Gasteiger partial charge in [-0.1, -0.05) is 67.6 Å². The molecule has 39 heavy (non-hydrogen) atoms. The summed E-state index contributed by atoms with van der Waals surface area (Å²) in [4.78, 5) is 7.82. The molecule has 0 aliphatic carbocycles. The van der Waals surface area contributed by atoms with E-state index >= 15 is 0 Å². The van der Waals surface area contributed by atoms with Crippen molar-refractivity contribution in [1.82, 2.24) is 20.0 Å². The fraction of sp³-hybridized carbons (Fsp3) is 0.625. The second kappa shape index (κ2) is 21.0. The molecule has 7 nitrogen and oxygen atoms in total. The quantitative estimate of drug-likeness (QED) is 0.512. The molecule has 1 fully saturated rings. The molecule has 1 N–H and O–H groups in total. The van der Waals surface area contributed by atoms with Gasteiger partial charge in [-0.25, -0.2) is 0 Å². The zero-order valence-corrected chi connectivity index (χ0v) is 24.3. The first-order valence-electron chi connectivity index (χ1n) is 15.0. The molecule has 0 amide bonds. The van der Waals surface area contributed by atoms with Crippen LogP contribution in [-0.4, -0.2) is 113 Å². The summed E-state index contributed by atoms with van der Waals surface area (Å²) in [5.41, 5.74) is 2.74. The molecule has 2 aromatic carbocycles. The molecule has 0 unspecified atom stereocenters. The molecule has 2 aromatic rings. The van der Waals surface area contributed by atoms with Crippen LogP contribution in [0.1, 0.15) is 30.9 Å². The summed E-state index contributed by atoms with van der Waals surface area (Å²) in [5.74, 6) is 0. The smallest absolute Gasteiger partial charge is 0.0701 e. The lowest BCUT2D eigenvalue weighted by atomic mass is 10.2. The van der Waals surface area contributed by atoms with Gasteiger partial charge >= 0.3 is 0 Å². The fourth-order valence-corrected chi connectivity index (χ4v) is 4.86. The molecule has 1 aliphatic heterocycles. The zero-order chi connectivity index (χ0) is 27.2. The lowest BCUT2D eigenvalue weighted by Gasteiger charge is -2.30. The number of hydrogen-bond acceptors (Lipinski definition) is 7. The molecule has 1 heterocycles. The van der Waals surface area contributed by atoms with E-state index in [1.54, 1.807) is 0 Å². The molecule has 0 saturated carbocycles. The average molecular weight is 541 g/mol. The Morgan fingerprint density at radius 2 is 1.00 bits per heavy atom. The first kappa shape index (κ1) is 31.7. The Balaban J connectivity index is 1.63. The van der Waals surface area contributed by atoms with Crippen LogP contribution in [0.25, 0.3) is 0 Å². The van der Waals surface area contributed by atoms with Crippen molar-refractivity contribution in [2.75, 3.05) is 98.5 Å². The van der Waals surface area contributed by atoms with Crippen LogP contribution in [0.4, 0.5) is 0 Å². The molecule has 0 atom stereocenters. The molecule has 218 valence electrons. The number of benzene rings is 2. The normalized spacial score (nSPS) is 19.5. The molecule has 7 heteroatoms. The first-order valence-corrected chi connectivity index (χ1v) is 15.0. The Morgan fingerprint density at radius 1 is 0.564 bits per heavy atom. The molecule has 0 radical (unpaired) electrons. The average Bonchev–Trinajstić information content (AvgIpc) is 2.96. The predicted molar refractivity (Wildman–Crippen MR) is 160 cm³/mol. The van der Waals surface area contributed by atoms with E-state index in [0.29, 0.717) is 26.4 Å². The monoisotopic (exact) mass is 540 g/mol. The third-order valence-corrected chi connectivity index (χ3v) is 7.09. The van der Waals surface area contributed by atoms with Gasteiger partial charge in [-0.2, -0.15) is 0 Å². The summed E-state index contributed by atoms with van der Waals surface area (Å²) in [5, 5.41) is 3.53. The predicted octanol–water partition coefficient (Wildman–Crippen LogP) is 3.75. The van der Waals surface area contributed by atoms with Gasteiger partial charge in [0.15, 0.2) is 0 Å². The maximum Gasteiger partial charge on any atom is 0.0701 e. The second-order valence-electron chi connectivity index (χ2n) is 10.3. The van der Waals surface area contributed by atoms with Gasteiger partial charge in [-0.05, 0) is 30.5 Å². The third kappa shape index (κ3) is 14.9. The van der Waals surface area contributed by atoms with Gasteiger partial charge in [-0.15, -0.1) is 0 Å². The van der Waals surface area contributed by atoms with Gasteiger partial charge in [0.05, 0.1) is 26.4 Å². The van der Waals surface area contributed by atoms with Crippen molar-refractivity contribution in [3.05, 3.63) is 71.8 Å². The maximum absolute atomic E-state index is 5.84. The molecule has 0 spiro atoms. The van der Waals surface area contributed by atoms with E-state index in [1.165, 1.54) is 11.1 Å². The maximum atomic E-state index is 5.84. The Morgan fingerprint density at radius 3 is 1.46 bits per heavy atom. The van der Waals surface area contributed by atoms with Crippen LogP contribution in [0, 0.1) is 0 Å². The molecule has 3 rings (SSSR count). The second-order valence-corrected chi connectivity index (χ2v) is 10.3. The van der Waals surface area contributed by atoms with Crippen LogP contribution in [0.5, 0.6) is 0 Å². The molecular formula is C32H52N4O3. The Hall–Kier alpha value is -1.84. The van der Waals surface area contributed by atoms with Crippen molar-refractivity contribution >= 4 is 0 Å². The Kier molecular flexibility index (Phi) is 17.0.